The third-order valence-corrected chi connectivity index (χ3v) is 3.73. The van der Waals surface area contributed by atoms with Gasteiger partial charge in [-0.1, -0.05) is 35.9 Å². The van der Waals surface area contributed by atoms with E-state index in [0.717, 1.165) is 22.4 Å². The molecular weight excluding hydrogens is 315 g/mol. The first-order valence-corrected chi connectivity index (χ1v) is 7.41. The van der Waals surface area contributed by atoms with E-state index in [0.29, 0.717) is 5.69 Å². The summed E-state index contributed by atoms with van der Waals surface area (Å²) in [5.41, 5.74) is 4.05. The van der Waals surface area contributed by atoms with Crippen molar-refractivity contribution in [2.75, 3.05) is 5.32 Å². The zero-order chi connectivity index (χ0) is 16.2. The summed E-state index contributed by atoms with van der Waals surface area (Å²) in [5, 5.41) is 12.7. The van der Waals surface area contributed by atoms with Gasteiger partial charge in [0.25, 0.3) is 0 Å². The molecule has 2 aromatic carbocycles. The normalized spacial score (nSPS) is 10.6. The summed E-state index contributed by atoms with van der Waals surface area (Å²) in [5.74, 6) is -0.457. The number of aliphatic hydroxyl groups excluding tert-OH is 1. The van der Waals surface area contributed by atoms with E-state index >= 15 is 0 Å². The van der Waals surface area contributed by atoms with Crippen LogP contribution in [0.1, 0.15) is 5.56 Å². The zero-order valence-corrected chi connectivity index (χ0v) is 12.9. The highest BCUT2D eigenvalue weighted by Crippen LogP contribution is 2.27. The van der Waals surface area contributed by atoms with E-state index in [4.69, 9.17) is 11.6 Å². The van der Waals surface area contributed by atoms with Gasteiger partial charge in [0.1, 0.15) is 5.82 Å². The Morgan fingerprint density at radius 1 is 1.04 bits per heavy atom. The lowest BCUT2D eigenvalue weighted by Gasteiger charge is -2.11. The van der Waals surface area contributed by atoms with Crippen molar-refractivity contribution in [3.63, 3.8) is 0 Å². The summed E-state index contributed by atoms with van der Waals surface area (Å²) in [6, 6.07) is 13.9. The van der Waals surface area contributed by atoms with Crippen molar-refractivity contribution in [1.29, 1.82) is 0 Å². The molecular formula is C18H14ClFN2O. The Bertz CT molecular complexity index is 839. The fourth-order valence-corrected chi connectivity index (χ4v) is 2.52. The van der Waals surface area contributed by atoms with Gasteiger partial charge in [0, 0.05) is 17.4 Å². The maximum absolute atomic E-state index is 13.2. The summed E-state index contributed by atoms with van der Waals surface area (Å²) in [6.45, 7) is -0.0403. The van der Waals surface area contributed by atoms with E-state index in [1.54, 1.807) is 18.5 Å². The van der Waals surface area contributed by atoms with E-state index in [1.165, 1.54) is 12.1 Å². The largest absolute Gasteiger partial charge is 0.392 e. The van der Waals surface area contributed by atoms with Crippen LogP contribution in [0.15, 0.2) is 60.9 Å². The molecule has 3 aromatic rings. The van der Waals surface area contributed by atoms with Gasteiger partial charge < -0.3 is 10.4 Å². The number of aliphatic hydroxyl groups is 1. The Hall–Kier alpha value is -2.43. The lowest BCUT2D eigenvalue weighted by Crippen LogP contribution is -1.94. The van der Waals surface area contributed by atoms with Crippen LogP contribution in [0.25, 0.3) is 11.1 Å². The number of rotatable bonds is 4. The van der Waals surface area contributed by atoms with Crippen molar-refractivity contribution >= 4 is 23.0 Å². The van der Waals surface area contributed by atoms with Crippen LogP contribution in [0, 0.1) is 5.82 Å². The van der Waals surface area contributed by atoms with Gasteiger partial charge in [0.05, 0.1) is 23.5 Å². The van der Waals surface area contributed by atoms with Gasteiger partial charge in [-0.25, -0.2) is 4.39 Å². The van der Waals surface area contributed by atoms with Crippen LogP contribution in [-0.2, 0) is 6.61 Å². The Kier molecular flexibility index (Phi) is 4.55. The van der Waals surface area contributed by atoms with Gasteiger partial charge >= 0.3 is 0 Å². The van der Waals surface area contributed by atoms with Crippen molar-refractivity contribution < 1.29 is 9.50 Å². The molecule has 1 aromatic heterocycles. The van der Waals surface area contributed by atoms with Gasteiger partial charge in [-0.05, 0) is 35.4 Å². The van der Waals surface area contributed by atoms with Crippen molar-refractivity contribution in [2.24, 2.45) is 0 Å². The average Bonchev–Trinajstić information content (AvgIpc) is 2.58. The van der Waals surface area contributed by atoms with Crippen LogP contribution >= 0.6 is 11.6 Å². The number of aromatic nitrogens is 1. The van der Waals surface area contributed by atoms with Gasteiger partial charge in [0.2, 0.25) is 0 Å². The molecule has 0 aliphatic rings. The lowest BCUT2D eigenvalue weighted by molar-refractivity contribution is 0.282. The lowest BCUT2D eigenvalue weighted by atomic mass is 10.0. The molecule has 0 aliphatic carbocycles. The molecule has 3 rings (SSSR count). The number of benzene rings is 2. The highest BCUT2D eigenvalue weighted by atomic mass is 35.5. The topological polar surface area (TPSA) is 45.2 Å². The maximum Gasteiger partial charge on any atom is 0.141 e. The maximum atomic E-state index is 13.2. The van der Waals surface area contributed by atoms with Crippen LogP contribution in [-0.4, -0.2) is 10.1 Å². The fourth-order valence-electron chi connectivity index (χ4n) is 2.34. The Labute approximate surface area is 138 Å². The second-order valence-corrected chi connectivity index (χ2v) is 5.44. The summed E-state index contributed by atoms with van der Waals surface area (Å²) >= 11 is 5.79. The molecule has 0 radical (unpaired) electrons. The van der Waals surface area contributed by atoms with Crippen LogP contribution in [0.3, 0.4) is 0 Å². The highest BCUT2D eigenvalue weighted by Gasteiger charge is 2.06. The molecule has 0 amide bonds. The van der Waals surface area contributed by atoms with Gasteiger partial charge in [0.15, 0.2) is 0 Å². The molecule has 0 spiro atoms. The molecule has 0 fully saturated rings. The predicted molar refractivity (Wildman–Crippen MR) is 90.3 cm³/mol. The van der Waals surface area contributed by atoms with Gasteiger partial charge in [-0.2, -0.15) is 0 Å². The second kappa shape index (κ2) is 6.77. The Morgan fingerprint density at radius 3 is 2.65 bits per heavy atom. The molecule has 0 unspecified atom stereocenters. The summed E-state index contributed by atoms with van der Waals surface area (Å²) in [4.78, 5) is 4.22. The molecule has 0 aliphatic heterocycles. The standard InChI is InChI=1S/C18H14ClFN2O/c19-17-8-14(5-6-18(17)20)22-15-7-13(9-21-10-15)16-4-2-1-3-12(16)11-23/h1-10,22-23H,11H2. The molecule has 3 nitrogen and oxygen atoms in total. The summed E-state index contributed by atoms with van der Waals surface area (Å²) in [7, 11) is 0. The van der Waals surface area contributed by atoms with E-state index in [-0.39, 0.29) is 11.6 Å². The first-order valence-electron chi connectivity index (χ1n) is 7.03. The number of hydrogen-bond donors (Lipinski definition) is 2. The number of nitrogens with one attached hydrogen (secondary N) is 1. The fraction of sp³-hybridized carbons (Fsp3) is 0.0556. The molecule has 23 heavy (non-hydrogen) atoms. The van der Waals surface area contributed by atoms with Crippen molar-refractivity contribution in [2.45, 2.75) is 6.61 Å². The third kappa shape index (κ3) is 3.50. The highest BCUT2D eigenvalue weighted by molar-refractivity contribution is 6.31. The minimum Gasteiger partial charge on any atom is -0.392 e. The van der Waals surface area contributed by atoms with Gasteiger partial charge in [-0.3, -0.25) is 4.98 Å². The Morgan fingerprint density at radius 2 is 1.87 bits per heavy atom. The second-order valence-electron chi connectivity index (χ2n) is 5.03. The molecule has 0 bridgehead atoms. The van der Waals surface area contributed by atoms with E-state index in [9.17, 15) is 9.50 Å². The smallest absolute Gasteiger partial charge is 0.141 e. The van der Waals surface area contributed by atoms with Gasteiger partial charge in [-0.15, -0.1) is 0 Å². The monoisotopic (exact) mass is 328 g/mol. The van der Waals surface area contributed by atoms with Crippen molar-refractivity contribution in [3.05, 3.63) is 77.3 Å². The van der Waals surface area contributed by atoms with Crippen LogP contribution in [0.5, 0.6) is 0 Å². The van der Waals surface area contributed by atoms with Crippen LogP contribution in [0.4, 0.5) is 15.8 Å². The number of hydrogen-bond acceptors (Lipinski definition) is 3. The Balaban J connectivity index is 1.92. The molecule has 116 valence electrons. The number of pyridine rings is 1. The molecule has 5 heteroatoms. The quantitative estimate of drug-likeness (QED) is 0.724. The molecule has 0 saturated heterocycles. The van der Waals surface area contributed by atoms with Crippen molar-refractivity contribution in [3.8, 4) is 11.1 Å². The number of nitrogens with zero attached hydrogens (tertiary/aromatic N) is 1. The SMILES string of the molecule is OCc1ccccc1-c1cncc(Nc2ccc(F)c(Cl)c2)c1. The third-order valence-electron chi connectivity index (χ3n) is 3.45. The summed E-state index contributed by atoms with van der Waals surface area (Å²) in [6.07, 6.45) is 3.40. The molecule has 0 atom stereocenters. The minimum absolute atomic E-state index is 0.0403. The average molecular weight is 329 g/mol. The van der Waals surface area contributed by atoms with E-state index in [1.807, 2.05) is 30.3 Å². The van der Waals surface area contributed by atoms with Crippen molar-refractivity contribution in [1.82, 2.24) is 4.98 Å². The van der Waals surface area contributed by atoms with E-state index in [2.05, 4.69) is 10.3 Å². The first kappa shape index (κ1) is 15.5. The molecule has 1 heterocycles. The predicted octanol–water partition coefficient (Wildman–Crippen LogP) is 4.78. The first-order chi connectivity index (χ1) is 11.2. The minimum atomic E-state index is -0.457. The van der Waals surface area contributed by atoms with E-state index < -0.39 is 5.82 Å². The molecule has 0 saturated carbocycles. The number of anilines is 2. The summed E-state index contributed by atoms with van der Waals surface area (Å²) < 4.78 is 13.2. The molecule has 2 N–H and O–H groups in total. The zero-order valence-electron chi connectivity index (χ0n) is 12.1. The number of halogens is 2. The van der Waals surface area contributed by atoms with Crippen LogP contribution < -0.4 is 5.32 Å². The van der Waals surface area contributed by atoms with Crippen LogP contribution in [0.2, 0.25) is 5.02 Å².